The first kappa shape index (κ1) is 11.3. The molecule has 0 unspecified atom stereocenters. The van der Waals surface area contributed by atoms with Crippen LogP contribution in [0.2, 0.25) is 0 Å². The normalized spacial score (nSPS) is 15.7. The van der Waals surface area contributed by atoms with Gasteiger partial charge in [-0.1, -0.05) is 6.07 Å². The largest absolute Gasteiger partial charge is 0.352 e. The topological polar surface area (TPSA) is 66.5 Å². The molecule has 0 atom stereocenters. The molecule has 6 heteroatoms. The lowest BCUT2D eigenvalue weighted by Gasteiger charge is -2.28. The molecule has 2 rings (SSSR count). The van der Waals surface area contributed by atoms with Gasteiger partial charge >= 0.3 is 0 Å². The van der Waals surface area contributed by atoms with Crippen LogP contribution < -0.4 is 10.2 Å². The molecule has 2 amide bonds. The Morgan fingerprint density at radius 2 is 1.88 bits per heavy atom. The van der Waals surface area contributed by atoms with E-state index < -0.39 is 17.6 Å². The number of carbonyl (C=O) groups is 3. The van der Waals surface area contributed by atoms with E-state index in [1.807, 2.05) is 0 Å². The van der Waals surface area contributed by atoms with Gasteiger partial charge in [0.2, 0.25) is 11.8 Å². The predicted molar refractivity (Wildman–Crippen MR) is 57.2 cm³/mol. The maximum atomic E-state index is 13.4. The first-order valence-electron chi connectivity index (χ1n) is 4.93. The number of rotatable bonds is 2. The van der Waals surface area contributed by atoms with E-state index in [4.69, 9.17) is 0 Å². The zero-order chi connectivity index (χ0) is 12.4. The van der Waals surface area contributed by atoms with Crippen molar-refractivity contribution in [1.82, 2.24) is 5.32 Å². The van der Waals surface area contributed by atoms with Gasteiger partial charge in [-0.15, -0.1) is 0 Å². The Labute approximate surface area is 96.2 Å². The molecule has 88 valence electrons. The molecule has 1 fully saturated rings. The van der Waals surface area contributed by atoms with Crippen molar-refractivity contribution in [2.75, 3.05) is 18.0 Å². The number of amides is 2. The molecule has 1 heterocycles. The van der Waals surface area contributed by atoms with Gasteiger partial charge in [0.05, 0.1) is 24.3 Å². The first-order chi connectivity index (χ1) is 8.11. The van der Waals surface area contributed by atoms with Gasteiger partial charge in [0.1, 0.15) is 5.82 Å². The van der Waals surface area contributed by atoms with Crippen LogP contribution in [-0.4, -0.2) is 31.2 Å². The number of aldehydes is 1. The van der Waals surface area contributed by atoms with Crippen molar-refractivity contribution in [1.29, 1.82) is 0 Å². The fourth-order valence-corrected chi connectivity index (χ4v) is 1.73. The van der Waals surface area contributed by atoms with Crippen LogP contribution >= 0.6 is 0 Å². The fourth-order valence-electron chi connectivity index (χ4n) is 1.73. The Morgan fingerprint density at radius 1 is 1.24 bits per heavy atom. The number of imide groups is 1. The van der Waals surface area contributed by atoms with E-state index in [2.05, 4.69) is 5.32 Å². The third kappa shape index (κ3) is 2.15. The summed E-state index contributed by atoms with van der Waals surface area (Å²) in [7, 11) is 0. The Balaban J connectivity index is 2.39. The van der Waals surface area contributed by atoms with Crippen molar-refractivity contribution in [2.24, 2.45) is 0 Å². The third-order valence-electron chi connectivity index (χ3n) is 2.44. The van der Waals surface area contributed by atoms with Crippen LogP contribution in [0.3, 0.4) is 0 Å². The summed E-state index contributed by atoms with van der Waals surface area (Å²) in [5.74, 6) is -1.61. The Morgan fingerprint density at radius 3 is 2.47 bits per heavy atom. The number of benzene rings is 1. The third-order valence-corrected chi connectivity index (χ3v) is 2.44. The summed E-state index contributed by atoms with van der Waals surface area (Å²) in [6.07, 6.45) is 0.377. The molecule has 0 radical (unpaired) electrons. The number of nitrogens with one attached hydrogen (secondary N) is 1. The van der Waals surface area contributed by atoms with E-state index >= 15 is 0 Å². The van der Waals surface area contributed by atoms with Crippen LogP contribution in [-0.2, 0) is 9.59 Å². The summed E-state index contributed by atoms with van der Waals surface area (Å²) in [6.45, 7) is -0.147. The summed E-state index contributed by atoms with van der Waals surface area (Å²) in [5, 5.41) is 2.13. The van der Waals surface area contributed by atoms with E-state index in [0.29, 0.717) is 6.29 Å². The molecule has 0 saturated carbocycles. The molecule has 0 spiro atoms. The summed E-state index contributed by atoms with van der Waals surface area (Å²) in [6, 6.07) is 4.08. The van der Waals surface area contributed by atoms with E-state index in [-0.39, 0.29) is 24.3 Å². The molecule has 0 bridgehead atoms. The molecular formula is C11H9FN2O3. The smallest absolute Gasteiger partial charge is 0.246 e. The summed E-state index contributed by atoms with van der Waals surface area (Å²) < 4.78 is 13.4. The predicted octanol–water partition coefficient (Wildman–Crippen LogP) is 0.101. The zero-order valence-corrected chi connectivity index (χ0v) is 8.77. The van der Waals surface area contributed by atoms with Crippen LogP contribution in [0.1, 0.15) is 10.4 Å². The van der Waals surface area contributed by atoms with Gasteiger partial charge in [0, 0.05) is 0 Å². The van der Waals surface area contributed by atoms with Gasteiger partial charge < -0.3 is 4.90 Å². The number of nitrogens with zero attached hydrogens (tertiary/aromatic N) is 1. The second-order valence-corrected chi connectivity index (χ2v) is 3.62. The summed E-state index contributed by atoms with van der Waals surface area (Å²) >= 11 is 0. The van der Waals surface area contributed by atoms with E-state index in [0.717, 1.165) is 6.07 Å². The molecule has 1 N–H and O–H groups in total. The average Bonchev–Trinajstić information content (AvgIpc) is 2.27. The Hall–Kier alpha value is -2.24. The summed E-state index contributed by atoms with van der Waals surface area (Å²) in [4.78, 5) is 34.5. The molecule has 0 aromatic heterocycles. The monoisotopic (exact) mass is 236 g/mol. The van der Waals surface area contributed by atoms with Crippen LogP contribution in [0.15, 0.2) is 18.2 Å². The van der Waals surface area contributed by atoms with Gasteiger partial charge in [-0.05, 0) is 12.1 Å². The highest BCUT2D eigenvalue weighted by Gasteiger charge is 2.24. The van der Waals surface area contributed by atoms with Crippen LogP contribution in [0.5, 0.6) is 0 Å². The van der Waals surface area contributed by atoms with Gasteiger partial charge in [-0.2, -0.15) is 0 Å². The number of piperazine rings is 1. The molecule has 0 aliphatic carbocycles. The lowest BCUT2D eigenvalue weighted by molar-refractivity contribution is -0.130. The minimum atomic E-state index is -0.670. The number of halogens is 1. The molecule has 1 aliphatic rings. The Bertz CT molecular complexity index is 485. The fraction of sp³-hybridized carbons (Fsp3) is 0.182. The molecule has 1 aromatic carbocycles. The number of hydrogen-bond donors (Lipinski definition) is 1. The highest BCUT2D eigenvalue weighted by atomic mass is 19.1. The van der Waals surface area contributed by atoms with Gasteiger partial charge in [0.15, 0.2) is 6.29 Å². The van der Waals surface area contributed by atoms with Crippen molar-refractivity contribution in [3.05, 3.63) is 29.6 Å². The Kier molecular flexibility index (Phi) is 2.86. The molecule has 1 aliphatic heterocycles. The van der Waals surface area contributed by atoms with Crippen molar-refractivity contribution in [3.63, 3.8) is 0 Å². The van der Waals surface area contributed by atoms with Crippen molar-refractivity contribution in [3.8, 4) is 0 Å². The van der Waals surface area contributed by atoms with Gasteiger partial charge in [-0.25, -0.2) is 4.39 Å². The second kappa shape index (κ2) is 4.32. The van der Waals surface area contributed by atoms with Gasteiger partial charge in [0.25, 0.3) is 0 Å². The van der Waals surface area contributed by atoms with Crippen molar-refractivity contribution < 1.29 is 18.8 Å². The van der Waals surface area contributed by atoms with Crippen molar-refractivity contribution >= 4 is 23.8 Å². The maximum Gasteiger partial charge on any atom is 0.246 e. The highest BCUT2D eigenvalue weighted by molar-refractivity contribution is 6.03. The quantitative estimate of drug-likeness (QED) is 0.584. The highest BCUT2D eigenvalue weighted by Crippen LogP contribution is 2.22. The van der Waals surface area contributed by atoms with E-state index in [9.17, 15) is 18.8 Å². The van der Waals surface area contributed by atoms with Crippen LogP contribution in [0, 0.1) is 5.82 Å². The van der Waals surface area contributed by atoms with Crippen LogP contribution in [0.25, 0.3) is 0 Å². The van der Waals surface area contributed by atoms with E-state index in [1.54, 1.807) is 0 Å². The van der Waals surface area contributed by atoms with Crippen molar-refractivity contribution in [2.45, 2.75) is 0 Å². The lowest BCUT2D eigenvalue weighted by atomic mass is 10.1. The minimum Gasteiger partial charge on any atom is -0.352 e. The molecular weight excluding hydrogens is 227 g/mol. The lowest BCUT2D eigenvalue weighted by Crippen LogP contribution is -2.51. The SMILES string of the molecule is O=Cc1c(F)cccc1N1CC(=O)NC(=O)C1. The maximum absolute atomic E-state index is 13.4. The minimum absolute atomic E-state index is 0.0734. The number of carbonyl (C=O) groups excluding carboxylic acids is 3. The van der Waals surface area contributed by atoms with Gasteiger partial charge in [-0.3, -0.25) is 19.7 Å². The zero-order valence-electron chi connectivity index (χ0n) is 8.77. The molecule has 5 nitrogen and oxygen atoms in total. The average molecular weight is 236 g/mol. The van der Waals surface area contributed by atoms with E-state index in [1.165, 1.54) is 17.0 Å². The standard InChI is InChI=1S/C11H9FN2O3/c12-8-2-1-3-9(7(8)6-15)14-4-10(16)13-11(17)5-14/h1-3,6H,4-5H2,(H,13,16,17). The molecule has 17 heavy (non-hydrogen) atoms. The first-order valence-corrected chi connectivity index (χ1v) is 4.93. The number of anilines is 1. The molecule has 1 saturated heterocycles. The second-order valence-electron chi connectivity index (χ2n) is 3.62. The number of hydrogen-bond acceptors (Lipinski definition) is 4. The van der Waals surface area contributed by atoms with Crippen LogP contribution in [0.4, 0.5) is 10.1 Å². The molecule has 1 aromatic rings. The summed E-state index contributed by atoms with van der Waals surface area (Å²) in [5.41, 5.74) is 0.109.